The Balaban J connectivity index is 1.84. The topological polar surface area (TPSA) is 44.1 Å². The summed E-state index contributed by atoms with van der Waals surface area (Å²) in [4.78, 5) is 17.4. The zero-order valence-corrected chi connectivity index (χ0v) is 17.2. The second kappa shape index (κ2) is 7.94. The molecule has 4 nitrogen and oxygen atoms in total. The van der Waals surface area contributed by atoms with Gasteiger partial charge in [-0.1, -0.05) is 56.8 Å². The van der Waals surface area contributed by atoms with Crippen LogP contribution in [0.5, 0.6) is 0 Å². The van der Waals surface area contributed by atoms with Crippen LogP contribution >= 0.6 is 23.1 Å². The molecular formula is C20H24N2O2S2. The van der Waals surface area contributed by atoms with Gasteiger partial charge < -0.3 is 4.74 Å². The third-order valence-electron chi connectivity index (χ3n) is 4.24. The molecule has 3 rings (SSSR count). The lowest BCUT2D eigenvalue weighted by Crippen LogP contribution is -2.24. The molecule has 0 atom stereocenters. The first-order valence-corrected chi connectivity index (χ1v) is 10.5. The van der Waals surface area contributed by atoms with E-state index < -0.39 is 0 Å². The fourth-order valence-corrected chi connectivity index (χ4v) is 4.42. The van der Waals surface area contributed by atoms with Gasteiger partial charge in [-0.2, -0.15) is 0 Å². The largest absolute Gasteiger partial charge is 0.383 e. The van der Waals surface area contributed by atoms with Crippen molar-refractivity contribution < 1.29 is 4.74 Å². The van der Waals surface area contributed by atoms with Crippen LogP contribution < -0.4 is 5.56 Å². The number of benzene rings is 1. The van der Waals surface area contributed by atoms with Gasteiger partial charge in [-0.3, -0.25) is 9.36 Å². The van der Waals surface area contributed by atoms with Gasteiger partial charge in [-0.05, 0) is 28.0 Å². The summed E-state index contributed by atoms with van der Waals surface area (Å²) < 4.78 is 7.60. The first-order valence-electron chi connectivity index (χ1n) is 8.59. The summed E-state index contributed by atoms with van der Waals surface area (Å²) in [7, 11) is 1.64. The second-order valence-electron chi connectivity index (χ2n) is 7.21. The van der Waals surface area contributed by atoms with Gasteiger partial charge >= 0.3 is 0 Å². The van der Waals surface area contributed by atoms with Crippen LogP contribution in [0.25, 0.3) is 10.2 Å². The van der Waals surface area contributed by atoms with E-state index in [1.165, 1.54) is 22.5 Å². The minimum Gasteiger partial charge on any atom is -0.383 e. The monoisotopic (exact) mass is 388 g/mol. The van der Waals surface area contributed by atoms with Crippen LogP contribution in [0.3, 0.4) is 0 Å². The maximum atomic E-state index is 12.7. The van der Waals surface area contributed by atoms with Crippen molar-refractivity contribution in [1.82, 2.24) is 9.55 Å². The van der Waals surface area contributed by atoms with Crippen molar-refractivity contribution in [2.75, 3.05) is 13.7 Å². The molecule has 0 amide bonds. The molecule has 1 aromatic carbocycles. The highest BCUT2D eigenvalue weighted by atomic mass is 32.2. The molecule has 0 aliphatic carbocycles. The standard InChI is InChI=1S/C20H24N2O2S2/c1-20(2,3)15-7-5-14(6-8-15)13-26-19-21-16-9-12-25-17(16)18(23)22(19)10-11-24-4/h5-9,12H,10-11,13H2,1-4H3. The maximum Gasteiger partial charge on any atom is 0.272 e. The van der Waals surface area contributed by atoms with E-state index in [-0.39, 0.29) is 11.0 Å². The minimum absolute atomic E-state index is 0.0210. The molecule has 26 heavy (non-hydrogen) atoms. The third-order valence-corrected chi connectivity index (χ3v) is 6.18. The average molecular weight is 389 g/mol. The number of aromatic nitrogens is 2. The van der Waals surface area contributed by atoms with E-state index in [1.54, 1.807) is 23.4 Å². The van der Waals surface area contributed by atoms with Gasteiger partial charge in [0.25, 0.3) is 5.56 Å². The smallest absolute Gasteiger partial charge is 0.272 e. The van der Waals surface area contributed by atoms with E-state index in [2.05, 4.69) is 45.0 Å². The van der Waals surface area contributed by atoms with Crippen molar-refractivity contribution in [1.29, 1.82) is 0 Å². The zero-order chi connectivity index (χ0) is 18.7. The summed E-state index contributed by atoms with van der Waals surface area (Å²) >= 11 is 3.04. The van der Waals surface area contributed by atoms with Gasteiger partial charge in [0.2, 0.25) is 0 Å². The van der Waals surface area contributed by atoms with E-state index >= 15 is 0 Å². The number of fused-ring (bicyclic) bond motifs is 1. The summed E-state index contributed by atoms with van der Waals surface area (Å²) in [6.07, 6.45) is 0. The van der Waals surface area contributed by atoms with Crippen molar-refractivity contribution in [3.05, 3.63) is 57.2 Å². The molecule has 0 N–H and O–H groups in total. The number of methoxy groups -OCH3 is 1. The Labute approximate surface area is 162 Å². The Morgan fingerprint density at radius 2 is 1.92 bits per heavy atom. The number of hydrogen-bond acceptors (Lipinski definition) is 5. The second-order valence-corrected chi connectivity index (χ2v) is 9.07. The van der Waals surface area contributed by atoms with E-state index in [0.717, 1.165) is 16.4 Å². The van der Waals surface area contributed by atoms with Gasteiger partial charge in [-0.15, -0.1) is 11.3 Å². The Hall–Kier alpha value is -1.63. The van der Waals surface area contributed by atoms with Crippen LogP contribution in [0.2, 0.25) is 0 Å². The van der Waals surface area contributed by atoms with Crippen LogP contribution in [-0.4, -0.2) is 23.3 Å². The first-order chi connectivity index (χ1) is 12.4. The molecule has 0 bridgehead atoms. The van der Waals surface area contributed by atoms with Crippen LogP contribution in [0.4, 0.5) is 0 Å². The molecule has 0 spiro atoms. The summed E-state index contributed by atoms with van der Waals surface area (Å²) in [5, 5.41) is 2.66. The van der Waals surface area contributed by atoms with Crippen LogP contribution in [0.1, 0.15) is 31.9 Å². The normalized spacial score (nSPS) is 12.0. The lowest BCUT2D eigenvalue weighted by Gasteiger charge is -2.19. The van der Waals surface area contributed by atoms with Crippen molar-refractivity contribution in [3.63, 3.8) is 0 Å². The van der Waals surface area contributed by atoms with Gasteiger partial charge in [-0.25, -0.2) is 4.98 Å². The predicted molar refractivity (Wildman–Crippen MR) is 110 cm³/mol. The number of thioether (sulfide) groups is 1. The number of thiophene rings is 1. The summed E-state index contributed by atoms with van der Waals surface area (Å²) in [6, 6.07) is 10.6. The number of nitrogens with zero attached hydrogens (tertiary/aromatic N) is 2. The molecule has 0 fully saturated rings. The molecule has 138 valence electrons. The summed E-state index contributed by atoms with van der Waals surface area (Å²) in [5.74, 6) is 0.777. The fourth-order valence-electron chi connectivity index (χ4n) is 2.66. The van der Waals surface area contributed by atoms with Crippen molar-refractivity contribution in [2.45, 2.75) is 43.6 Å². The van der Waals surface area contributed by atoms with E-state index in [1.807, 2.05) is 11.4 Å². The zero-order valence-electron chi connectivity index (χ0n) is 15.6. The van der Waals surface area contributed by atoms with Gasteiger partial charge in [0.05, 0.1) is 18.7 Å². The SMILES string of the molecule is COCCn1c(SCc2ccc(C(C)(C)C)cc2)nc2ccsc2c1=O. The molecule has 0 unspecified atom stereocenters. The Morgan fingerprint density at radius 3 is 2.58 bits per heavy atom. The molecule has 0 aliphatic heterocycles. The molecule has 2 aromatic heterocycles. The van der Waals surface area contributed by atoms with Crippen LogP contribution in [0.15, 0.2) is 45.7 Å². The fraction of sp³-hybridized carbons (Fsp3) is 0.400. The number of rotatable bonds is 6. The van der Waals surface area contributed by atoms with E-state index in [9.17, 15) is 4.79 Å². The summed E-state index contributed by atoms with van der Waals surface area (Å²) in [5.41, 5.74) is 3.49. The van der Waals surface area contributed by atoms with E-state index in [0.29, 0.717) is 17.9 Å². The molecule has 2 heterocycles. The number of ether oxygens (including phenoxy) is 1. The molecule has 0 saturated heterocycles. The predicted octanol–water partition coefficient (Wildman–Crippen LogP) is 4.69. The molecule has 0 aliphatic rings. The molecule has 0 saturated carbocycles. The highest BCUT2D eigenvalue weighted by molar-refractivity contribution is 7.98. The van der Waals surface area contributed by atoms with Crippen molar-refractivity contribution in [2.24, 2.45) is 0 Å². The first kappa shape index (κ1) is 19.1. The Morgan fingerprint density at radius 1 is 1.19 bits per heavy atom. The average Bonchev–Trinajstić information content (AvgIpc) is 3.08. The molecule has 3 aromatic rings. The Bertz CT molecular complexity index is 937. The highest BCUT2D eigenvalue weighted by Gasteiger charge is 2.14. The van der Waals surface area contributed by atoms with E-state index in [4.69, 9.17) is 9.72 Å². The quantitative estimate of drug-likeness (QED) is 0.454. The summed E-state index contributed by atoms with van der Waals surface area (Å²) in [6.45, 7) is 7.65. The lowest BCUT2D eigenvalue weighted by atomic mass is 9.87. The number of hydrogen-bond donors (Lipinski definition) is 0. The van der Waals surface area contributed by atoms with Crippen molar-refractivity contribution >= 4 is 33.3 Å². The Kier molecular flexibility index (Phi) is 5.85. The van der Waals surface area contributed by atoms with Crippen LogP contribution in [-0.2, 0) is 22.4 Å². The molecule has 6 heteroatoms. The minimum atomic E-state index is 0.0210. The highest BCUT2D eigenvalue weighted by Crippen LogP contribution is 2.26. The maximum absolute atomic E-state index is 12.7. The lowest BCUT2D eigenvalue weighted by molar-refractivity contribution is 0.183. The van der Waals surface area contributed by atoms with Crippen LogP contribution in [0, 0.1) is 0 Å². The van der Waals surface area contributed by atoms with Gasteiger partial charge in [0, 0.05) is 12.9 Å². The third kappa shape index (κ3) is 4.19. The molecule has 0 radical (unpaired) electrons. The van der Waals surface area contributed by atoms with Gasteiger partial charge in [0.15, 0.2) is 5.16 Å². The van der Waals surface area contributed by atoms with Crippen molar-refractivity contribution in [3.8, 4) is 0 Å². The van der Waals surface area contributed by atoms with Gasteiger partial charge in [0.1, 0.15) is 4.70 Å². The molecular weight excluding hydrogens is 364 g/mol.